The van der Waals surface area contributed by atoms with Crippen molar-refractivity contribution in [2.24, 2.45) is 5.84 Å². The number of ether oxygens (including phenoxy) is 2. The van der Waals surface area contributed by atoms with Gasteiger partial charge in [0.05, 0.1) is 20.3 Å². The van der Waals surface area contributed by atoms with Crippen molar-refractivity contribution in [2.75, 3.05) is 14.2 Å². The standard InChI is InChI=1S/C16H19IN2O2/c1-10-5-4-6-12(15(10)17)16(19-18)11-7-8-13(20-2)14(9-11)21-3/h4-9,16,19H,18H2,1-3H3. The van der Waals surface area contributed by atoms with Gasteiger partial charge in [-0.25, -0.2) is 5.43 Å². The number of benzene rings is 2. The van der Waals surface area contributed by atoms with Crippen molar-refractivity contribution in [3.8, 4) is 11.5 Å². The van der Waals surface area contributed by atoms with Gasteiger partial charge in [0.1, 0.15) is 0 Å². The number of methoxy groups -OCH3 is 2. The average molecular weight is 398 g/mol. The lowest BCUT2D eigenvalue weighted by Gasteiger charge is -2.20. The molecule has 21 heavy (non-hydrogen) atoms. The van der Waals surface area contributed by atoms with Crippen molar-refractivity contribution in [1.29, 1.82) is 0 Å². The fraction of sp³-hybridized carbons (Fsp3) is 0.250. The van der Waals surface area contributed by atoms with Crippen molar-refractivity contribution in [1.82, 2.24) is 5.43 Å². The van der Waals surface area contributed by atoms with Crippen LogP contribution < -0.4 is 20.7 Å². The van der Waals surface area contributed by atoms with E-state index in [-0.39, 0.29) is 6.04 Å². The van der Waals surface area contributed by atoms with Crippen LogP contribution in [0.2, 0.25) is 0 Å². The van der Waals surface area contributed by atoms with Gasteiger partial charge >= 0.3 is 0 Å². The molecule has 4 nitrogen and oxygen atoms in total. The van der Waals surface area contributed by atoms with E-state index in [1.807, 2.05) is 24.3 Å². The third-order valence-corrected chi connectivity index (χ3v) is 4.91. The molecule has 0 saturated carbocycles. The Hall–Kier alpha value is -1.31. The summed E-state index contributed by atoms with van der Waals surface area (Å²) in [4.78, 5) is 0. The Balaban J connectivity index is 2.49. The number of nitrogens with one attached hydrogen (secondary N) is 1. The predicted octanol–water partition coefficient (Wildman–Crippen LogP) is 3.17. The fourth-order valence-corrected chi connectivity index (χ4v) is 2.96. The van der Waals surface area contributed by atoms with Crippen LogP contribution in [-0.4, -0.2) is 14.2 Å². The SMILES string of the molecule is COc1ccc(C(NN)c2cccc(C)c2I)cc1OC. The minimum atomic E-state index is -0.100. The molecule has 2 rings (SSSR count). The van der Waals surface area contributed by atoms with Crippen LogP contribution in [0.25, 0.3) is 0 Å². The zero-order chi connectivity index (χ0) is 15.4. The van der Waals surface area contributed by atoms with Gasteiger partial charge in [0, 0.05) is 3.57 Å². The van der Waals surface area contributed by atoms with E-state index in [1.165, 1.54) is 9.13 Å². The Morgan fingerprint density at radius 2 is 1.81 bits per heavy atom. The molecule has 0 spiro atoms. The van der Waals surface area contributed by atoms with Gasteiger partial charge in [-0.15, -0.1) is 0 Å². The Morgan fingerprint density at radius 3 is 2.43 bits per heavy atom. The van der Waals surface area contributed by atoms with Gasteiger partial charge in [-0.05, 0) is 58.3 Å². The molecule has 1 atom stereocenters. The van der Waals surface area contributed by atoms with E-state index in [0.717, 1.165) is 11.1 Å². The van der Waals surface area contributed by atoms with Gasteiger partial charge in [0.2, 0.25) is 0 Å². The molecule has 0 aliphatic carbocycles. The molecular weight excluding hydrogens is 379 g/mol. The first-order valence-corrected chi connectivity index (χ1v) is 7.63. The third kappa shape index (κ3) is 3.30. The van der Waals surface area contributed by atoms with Gasteiger partial charge in [0.25, 0.3) is 0 Å². The Morgan fingerprint density at radius 1 is 1.10 bits per heavy atom. The lowest BCUT2D eigenvalue weighted by Crippen LogP contribution is -2.29. The molecule has 0 radical (unpaired) electrons. The minimum absolute atomic E-state index is 0.100. The van der Waals surface area contributed by atoms with Crippen molar-refractivity contribution in [3.05, 3.63) is 56.7 Å². The number of aryl methyl sites for hydroxylation is 1. The molecular formula is C16H19IN2O2. The molecule has 112 valence electrons. The van der Waals surface area contributed by atoms with E-state index in [2.05, 4.69) is 47.1 Å². The third-order valence-electron chi connectivity index (χ3n) is 3.44. The smallest absolute Gasteiger partial charge is 0.161 e. The van der Waals surface area contributed by atoms with Crippen LogP contribution in [0.5, 0.6) is 11.5 Å². The number of nitrogens with two attached hydrogens (primary N) is 1. The molecule has 3 N–H and O–H groups in total. The van der Waals surface area contributed by atoms with Crippen LogP contribution in [0.4, 0.5) is 0 Å². The number of halogens is 1. The van der Waals surface area contributed by atoms with Crippen LogP contribution in [0, 0.1) is 10.5 Å². The monoisotopic (exact) mass is 398 g/mol. The van der Waals surface area contributed by atoms with Gasteiger partial charge in [-0.1, -0.05) is 24.3 Å². The lowest BCUT2D eigenvalue weighted by atomic mass is 9.97. The van der Waals surface area contributed by atoms with E-state index in [4.69, 9.17) is 15.3 Å². The largest absolute Gasteiger partial charge is 0.493 e. The molecule has 0 saturated heterocycles. The van der Waals surface area contributed by atoms with Crippen LogP contribution in [0.3, 0.4) is 0 Å². The maximum absolute atomic E-state index is 5.79. The molecule has 0 bridgehead atoms. The Bertz CT molecular complexity index is 632. The van der Waals surface area contributed by atoms with Gasteiger partial charge in [0.15, 0.2) is 11.5 Å². The lowest BCUT2D eigenvalue weighted by molar-refractivity contribution is 0.354. The molecule has 0 fully saturated rings. The second-order valence-corrected chi connectivity index (χ2v) is 5.77. The second kappa shape index (κ2) is 7.11. The summed E-state index contributed by atoms with van der Waals surface area (Å²) in [6.07, 6.45) is 0. The molecule has 1 unspecified atom stereocenters. The summed E-state index contributed by atoms with van der Waals surface area (Å²) in [6, 6.07) is 11.9. The maximum atomic E-state index is 5.79. The molecule has 2 aromatic carbocycles. The second-order valence-electron chi connectivity index (χ2n) is 4.69. The quantitative estimate of drug-likeness (QED) is 0.462. The number of hydrogen-bond acceptors (Lipinski definition) is 4. The van der Waals surface area contributed by atoms with Gasteiger partial charge in [-0.2, -0.15) is 0 Å². The first-order valence-electron chi connectivity index (χ1n) is 6.55. The highest BCUT2D eigenvalue weighted by Gasteiger charge is 2.18. The summed E-state index contributed by atoms with van der Waals surface area (Å²) in [6.45, 7) is 2.09. The first kappa shape index (κ1) is 16.1. The molecule has 0 amide bonds. The van der Waals surface area contributed by atoms with Crippen LogP contribution in [-0.2, 0) is 0 Å². The zero-order valence-electron chi connectivity index (χ0n) is 12.3. The Kier molecular flexibility index (Phi) is 5.44. The topological polar surface area (TPSA) is 56.5 Å². The average Bonchev–Trinajstić information content (AvgIpc) is 2.51. The number of rotatable bonds is 5. The highest BCUT2D eigenvalue weighted by Crippen LogP contribution is 2.33. The fourth-order valence-electron chi connectivity index (χ4n) is 2.29. The molecule has 5 heteroatoms. The van der Waals surface area contributed by atoms with E-state index in [9.17, 15) is 0 Å². The van der Waals surface area contributed by atoms with Gasteiger partial charge < -0.3 is 9.47 Å². The molecule has 0 aromatic heterocycles. The van der Waals surface area contributed by atoms with Crippen LogP contribution in [0.1, 0.15) is 22.7 Å². The predicted molar refractivity (Wildman–Crippen MR) is 92.6 cm³/mol. The molecule has 2 aromatic rings. The van der Waals surface area contributed by atoms with Gasteiger partial charge in [-0.3, -0.25) is 5.84 Å². The number of hydrogen-bond donors (Lipinski definition) is 2. The summed E-state index contributed by atoms with van der Waals surface area (Å²) in [7, 11) is 3.25. The van der Waals surface area contributed by atoms with Crippen molar-refractivity contribution < 1.29 is 9.47 Å². The van der Waals surface area contributed by atoms with Crippen molar-refractivity contribution in [3.63, 3.8) is 0 Å². The molecule has 0 aliphatic heterocycles. The van der Waals surface area contributed by atoms with E-state index >= 15 is 0 Å². The maximum Gasteiger partial charge on any atom is 0.161 e. The van der Waals surface area contributed by atoms with Crippen LogP contribution >= 0.6 is 22.6 Å². The summed E-state index contributed by atoms with van der Waals surface area (Å²) < 4.78 is 11.8. The summed E-state index contributed by atoms with van der Waals surface area (Å²) in [5, 5.41) is 0. The van der Waals surface area contributed by atoms with E-state index < -0.39 is 0 Å². The highest BCUT2D eigenvalue weighted by molar-refractivity contribution is 14.1. The highest BCUT2D eigenvalue weighted by atomic mass is 127. The van der Waals surface area contributed by atoms with Crippen LogP contribution in [0.15, 0.2) is 36.4 Å². The minimum Gasteiger partial charge on any atom is -0.493 e. The summed E-state index contributed by atoms with van der Waals surface area (Å²) in [5.41, 5.74) is 6.29. The van der Waals surface area contributed by atoms with Crippen molar-refractivity contribution in [2.45, 2.75) is 13.0 Å². The van der Waals surface area contributed by atoms with E-state index in [0.29, 0.717) is 11.5 Å². The number of hydrazine groups is 1. The Labute approximate surface area is 138 Å². The summed E-state index contributed by atoms with van der Waals surface area (Å²) >= 11 is 2.35. The molecule has 0 heterocycles. The van der Waals surface area contributed by atoms with E-state index in [1.54, 1.807) is 14.2 Å². The van der Waals surface area contributed by atoms with Crippen molar-refractivity contribution >= 4 is 22.6 Å². The molecule has 0 aliphatic rings. The normalized spacial score (nSPS) is 12.0. The first-order chi connectivity index (χ1) is 10.1. The zero-order valence-corrected chi connectivity index (χ0v) is 14.5. The summed E-state index contributed by atoms with van der Waals surface area (Å²) in [5.74, 6) is 7.19.